The monoisotopic (exact) mass is 389 g/mol. The second-order valence-corrected chi connectivity index (χ2v) is 7.26. The van der Waals surface area contributed by atoms with E-state index in [1.165, 1.54) is 0 Å². The van der Waals surface area contributed by atoms with Crippen LogP contribution in [0.15, 0.2) is 18.3 Å². The second kappa shape index (κ2) is 9.73. The average Bonchev–Trinajstić information content (AvgIpc) is 2.74. The first-order valence-electron chi connectivity index (χ1n) is 10.3. The Morgan fingerprint density at radius 2 is 1.79 bits per heavy atom. The zero-order valence-electron chi connectivity index (χ0n) is 16.9. The minimum Gasteiger partial charge on any atom is -0.450 e. The molecule has 0 spiro atoms. The van der Waals surface area contributed by atoms with Crippen molar-refractivity contribution >= 4 is 17.8 Å². The highest BCUT2D eigenvalue weighted by atomic mass is 16.6. The number of carbonyl (C=O) groups excluding carboxylic acids is 2. The number of piperazine rings is 1. The summed E-state index contributed by atoms with van der Waals surface area (Å²) in [4.78, 5) is 34.8. The number of nitrogens with zero attached hydrogens (tertiary/aromatic N) is 4. The molecule has 0 bridgehead atoms. The number of rotatable bonds is 5. The van der Waals surface area contributed by atoms with Crippen molar-refractivity contribution in [3.8, 4) is 0 Å². The molecule has 3 rings (SSSR count). The van der Waals surface area contributed by atoms with Crippen LogP contribution in [0.1, 0.15) is 37.0 Å². The third-order valence-corrected chi connectivity index (χ3v) is 5.49. The van der Waals surface area contributed by atoms with Gasteiger partial charge in [-0.2, -0.15) is 0 Å². The van der Waals surface area contributed by atoms with E-state index in [0.29, 0.717) is 25.3 Å². The van der Waals surface area contributed by atoms with Crippen molar-refractivity contribution in [3.05, 3.63) is 23.9 Å². The zero-order valence-corrected chi connectivity index (χ0v) is 16.9. The number of nitrogens with one attached hydrogen (secondary N) is 1. The molecule has 8 heteroatoms. The third-order valence-electron chi connectivity index (χ3n) is 5.49. The van der Waals surface area contributed by atoms with E-state index in [0.717, 1.165) is 51.4 Å². The first kappa shape index (κ1) is 20.4. The Morgan fingerprint density at radius 3 is 2.36 bits per heavy atom. The molecule has 2 aliphatic rings. The van der Waals surface area contributed by atoms with Crippen LogP contribution in [0.4, 0.5) is 10.6 Å². The predicted molar refractivity (Wildman–Crippen MR) is 107 cm³/mol. The molecule has 2 amide bonds. The highest BCUT2D eigenvalue weighted by Crippen LogP contribution is 2.17. The number of ether oxygens (including phenoxy) is 1. The summed E-state index contributed by atoms with van der Waals surface area (Å²) in [6.45, 7) is 10.2. The molecular formula is C20H31N5O3. The number of carbonyl (C=O) groups is 2. The largest absolute Gasteiger partial charge is 0.450 e. The maximum atomic E-state index is 12.6. The number of amides is 2. The summed E-state index contributed by atoms with van der Waals surface area (Å²) < 4.78 is 5.05. The molecule has 0 radical (unpaired) electrons. The smallest absolute Gasteiger partial charge is 0.409 e. The van der Waals surface area contributed by atoms with E-state index >= 15 is 0 Å². The van der Waals surface area contributed by atoms with Crippen LogP contribution < -0.4 is 5.32 Å². The van der Waals surface area contributed by atoms with Gasteiger partial charge in [0.2, 0.25) is 0 Å². The molecule has 0 unspecified atom stereocenters. The number of likely N-dealkylation sites (N-methyl/N-ethyl adjacent to an activating group) is 1. The Kier molecular flexibility index (Phi) is 7.08. The summed E-state index contributed by atoms with van der Waals surface area (Å²) in [7, 11) is 0. The molecule has 1 aromatic heterocycles. The summed E-state index contributed by atoms with van der Waals surface area (Å²) in [6, 6.07) is 3.98. The van der Waals surface area contributed by atoms with Crippen LogP contribution in [-0.2, 0) is 4.74 Å². The Morgan fingerprint density at radius 1 is 1.07 bits per heavy atom. The van der Waals surface area contributed by atoms with Gasteiger partial charge in [0.15, 0.2) is 0 Å². The zero-order chi connectivity index (χ0) is 19.9. The van der Waals surface area contributed by atoms with Crippen molar-refractivity contribution in [1.29, 1.82) is 0 Å². The van der Waals surface area contributed by atoms with Crippen LogP contribution in [0.3, 0.4) is 0 Å². The summed E-state index contributed by atoms with van der Waals surface area (Å²) in [5.74, 6) is 0.819. The van der Waals surface area contributed by atoms with Crippen molar-refractivity contribution in [2.75, 3.05) is 57.7 Å². The normalized spacial score (nSPS) is 18.8. The Balaban J connectivity index is 1.47. The maximum Gasteiger partial charge on any atom is 0.409 e. The summed E-state index contributed by atoms with van der Waals surface area (Å²) >= 11 is 0. The SMILES string of the molecule is CCOC(=O)N1CCC(Nc2ccc(C(=O)N3CCN(CC)CC3)cn2)CC1. The van der Waals surface area contributed by atoms with Crippen LogP contribution in [0, 0.1) is 0 Å². The van der Waals surface area contributed by atoms with Gasteiger partial charge < -0.3 is 24.8 Å². The molecule has 0 atom stereocenters. The summed E-state index contributed by atoms with van der Waals surface area (Å²) in [6.07, 6.45) is 3.12. The molecule has 28 heavy (non-hydrogen) atoms. The van der Waals surface area contributed by atoms with E-state index in [4.69, 9.17) is 4.74 Å². The number of hydrogen-bond donors (Lipinski definition) is 1. The molecule has 154 valence electrons. The lowest BCUT2D eigenvalue weighted by atomic mass is 10.1. The van der Waals surface area contributed by atoms with Gasteiger partial charge in [0.1, 0.15) is 5.82 Å². The van der Waals surface area contributed by atoms with Gasteiger partial charge in [0.25, 0.3) is 5.91 Å². The molecule has 8 nitrogen and oxygen atoms in total. The fourth-order valence-corrected chi connectivity index (χ4v) is 3.69. The van der Waals surface area contributed by atoms with Crippen molar-refractivity contribution in [2.24, 2.45) is 0 Å². The van der Waals surface area contributed by atoms with Gasteiger partial charge in [-0.25, -0.2) is 9.78 Å². The fraction of sp³-hybridized carbons (Fsp3) is 0.650. The minimum atomic E-state index is -0.235. The molecule has 0 aromatic carbocycles. The van der Waals surface area contributed by atoms with Crippen LogP contribution >= 0.6 is 0 Å². The minimum absolute atomic E-state index is 0.0533. The topological polar surface area (TPSA) is 78.0 Å². The Bertz CT molecular complexity index is 650. The lowest BCUT2D eigenvalue weighted by molar-refractivity contribution is 0.0643. The van der Waals surface area contributed by atoms with Gasteiger partial charge in [-0.3, -0.25) is 4.79 Å². The fourth-order valence-electron chi connectivity index (χ4n) is 3.69. The van der Waals surface area contributed by atoms with Gasteiger partial charge in [0.05, 0.1) is 12.2 Å². The van der Waals surface area contributed by atoms with E-state index in [1.54, 1.807) is 11.1 Å². The third kappa shape index (κ3) is 5.13. The molecule has 2 aliphatic heterocycles. The number of pyridine rings is 1. The lowest BCUT2D eigenvalue weighted by Gasteiger charge is -2.34. The van der Waals surface area contributed by atoms with Crippen LogP contribution in [-0.4, -0.2) is 90.1 Å². The molecule has 0 saturated carbocycles. The van der Waals surface area contributed by atoms with Gasteiger partial charge in [-0.15, -0.1) is 0 Å². The number of anilines is 1. The molecular weight excluding hydrogens is 358 g/mol. The predicted octanol–water partition coefficient (Wildman–Crippen LogP) is 1.89. The molecule has 3 heterocycles. The number of hydrogen-bond acceptors (Lipinski definition) is 6. The highest BCUT2D eigenvalue weighted by Gasteiger charge is 2.24. The quantitative estimate of drug-likeness (QED) is 0.829. The van der Waals surface area contributed by atoms with Gasteiger partial charge in [-0.1, -0.05) is 6.92 Å². The van der Waals surface area contributed by atoms with E-state index < -0.39 is 0 Å². The van der Waals surface area contributed by atoms with Crippen molar-refractivity contribution in [3.63, 3.8) is 0 Å². The molecule has 1 aromatic rings. The highest BCUT2D eigenvalue weighted by molar-refractivity contribution is 5.94. The Labute approximate surface area is 166 Å². The first-order valence-corrected chi connectivity index (χ1v) is 10.3. The van der Waals surface area contributed by atoms with Crippen LogP contribution in [0.2, 0.25) is 0 Å². The second-order valence-electron chi connectivity index (χ2n) is 7.26. The van der Waals surface area contributed by atoms with Crippen molar-refractivity contribution < 1.29 is 14.3 Å². The molecule has 0 aliphatic carbocycles. The summed E-state index contributed by atoms with van der Waals surface area (Å²) in [5.41, 5.74) is 0.632. The number of likely N-dealkylation sites (tertiary alicyclic amines) is 1. The van der Waals surface area contributed by atoms with E-state index in [1.807, 2.05) is 24.0 Å². The van der Waals surface area contributed by atoms with Crippen molar-refractivity contribution in [2.45, 2.75) is 32.7 Å². The first-order chi connectivity index (χ1) is 13.6. The number of piperidine rings is 1. The molecule has 1 N–H and O–H groups in total. The lowest BCUT2D eigenvalue weighted by Crippen LogP contribution is -2.48. The van der Waals surface area contributed by atoms with Crippen LogP contribution in [0.25, 0.3) is 0 Å². The van der Waals surface area contributed by atoms with Gasteiger partial charge >= 0.3 is 6.09 Å². The summed E-state index contributed by atoms with van der Waals surface area (Å²) in [5, 5.41) is 3.41. The standard InChI is InChI=1S/C20H31N5O3/c1-3-23-11-13-24(14-12-23)19(26)16-5-6-18(21-15-16)22-17-7-9-25(10-8-17)20(27)28-4-2/h5-6,15,17H,3-4,7-14H2,1-2H3,(H,21,22). The van der Waals surface area contributed by atoms with Gasteiger partial charge in [-0.05, 0) is 38.4 Å². The number of aromatic nitrogens is 1. The average molecular weight is 390 g/mol. The Hall–Kier alpha value is -2.35. The van der Waals surface area contributed by atoms with E-state index in [9.17, 15) is 9.59 Å². The maximum absolute atomic E-state index is 12.6. The van der Waals surface area contributed by atoms with Crippen molar-refractivity contribution in [1.82, 2.24) is 19.7 Å². The molecule has 2 fully saturated rings. The van der Waals surface area contributed by atoms with E-state index in [2.05, 4.69) is 22.1 Å². The molecule has 2 saturated heterocycles. The van der Waals surface area contributed by atoms with Crippen LogP contribution in [0.5, 0.6) is 0 Å². The van der Waals surface area contributed by atoms with E-state index in [-0.39, 0.29) is 18.0 Å². The van der Waals surface area contributed by atoms with Gasteiger partial charge in [0, 0.05) is 51.5 Å².